The van der Waals surface area contributed by atoms with Crippen LogP contribution in [0.5, 0.6) is 0 Å². The predicted octanol–water partition coefficient (Wildman–Crippen LogP) is 0.606. The Morgan fingerprint density at radius 2 is 2.22 bits per heavy atom. The normalized spacial score (nSPS) is 19.3. The van der Waals surface area contributed by atoms with Gasteiger partial charge in [0.25, 0.3) is 5.91 Å². The van der Waals surface area contributed by atoms with Crippen molar-refractivity contribution in [1.82, 2.24) is 9.88 Å². The minimum Gasteiger partial charge on any atom is -0.452 e. The summed E-state index contributed by atoms with van der Waals surface area (Å²) in [5.74, 6) is -0.997. The minimum absolute atomic E-state index is 0.0393. The molecule has 2 rings (SSSR count). The lowest BCUT2D eigenvalue weighted by Gasteiger charge is -2.23. The number of rotatable bonds is 5. The van der Waals surface area contributed by atoms with Gasteiger partial charge in [-0.2, -0.15) is 0 Å². The lowest BCUT2D eigenvalue weighted by molar-refractivity contribution is -0.134. The Kier molecular flexibility index (Phi) is 5.64. The maximum Gasteiger partial charge on any atom is 0.341 e. The van der Waals surface area contributed by atoms with Crippen LogP contribution in [-0.2, 0) is 19.4 Å². The van der Waals surface area contributed by atoms with E-state index in [1.54, 1.807) is 24.6 Å². The van der Waals surface area contributed by atoms with E-state index in [-0.39, 0.29) is 17.5 Å². The number of carbonyl (C=O) groups is 2. The molecule has 0 aromatic carbocycles. The third-order valence-corrected chi connectivity index (χ3v) is 6.12. The van der Waals surface area contributed by atoms with Crippen molar-refractivity contribution < 1.29 is 22.7 Å². The van der Waals surface area contributed by atoms with Gasteiger partial charge in [0.2, 0.25) is 0 Å². The van der Waals surface area contributed by atoms with Gasteiger partial charge in [-0.1, -0.05) is 0 Å². The number of esters is 1. The third-order valence-electron chi connectivity index (χ3n) is 3.66. The van der Waals surface area contributed by atoms with Crippen molar-refractivity contribution in [3.63, 3.8) is 0 Å². The quantitative estimate of drug-likeness (QED) is 0.562. The number of hydrogen-bond donors (Lipinski definition) is 0. The van der Waals surface area contributed by atoms with Crippen molar-refractivity contribution in [2.45, 2.75) is 17.5 Å². The summed E-state index contributed by atoms with van der Waals surface area (Å²) in [5.41, 5.74) is 0.305. The van der Waals surface area contributed by atoms with E-state index in [2.05, 4.69) is 4.98 Å². The zero-order valence-electron chi connectivity index (χ0n) is 12.9. The van der Waals surface area contributed by atoms with Gasteiger partial charge in [-0.25, -0.2) is 18.2 Å². The topological polar surface area (TPSA) is 93.6 Å². The number of thioether (sulfide) groups is 1. The van der Waals surface area contributed by atoms with Gasteiger partial charge in [0, 0.05) is 19.3 Å². The van der Waals surface area contributed by atoms with Gasteiger partial charge in [0.05, 0.1) is 17.1 Å². The number of hydrogen-bond acceptors (Lipinski definition) is 7. The molecule has 1 saturated heterocycles. The Bertz CT molecular complexity index is 705. The Morgan fingerprint density at radius 1 is 1.48 bits per heavy atom. The van der Waals surface area contributed by atoms with Crippen LogP contribution in [-0.4, -0.2) is 67.6 Å². The maximum atomic E-state index is 12.1. The van der Waals surface area contributed by atoms with E-state index in [0.29, 0.717) is 17.0 Å². The highest BCUT2D eigenvalue weighted by molar-refractivity contribution is 7.98. The molecule has 0 radical (unpaired) electrons. The van der Waals surface area contributed by atoms with E-state index in [9.17, 15) is 18.0 Å². The minimum atomic E-state index is -3.07. The fourth-order valence-corrected chi connectivity index (χ4v) is 4.61. The molecular weight excluding hydrogens is 340 g/mol. The molecule has 0 unspecified atom stereocenters. The monoisotopic (exact) mass is 358 g/mol. The zero-order chi connectivity index (χ0) is 17.0. The van der Waals surface area contributed by atoms with Crippen LogP contribution >= 0.6 is 11.8 Å². The second-order valence-electron chi connectivity index (χ2n) is 5.20. The number of nitrogens with zero attached hydrogens (tertiary/aromatic N) is 2. The zero-order valence-corrected chi connectivity index (χ0v) is 14.5. The summed E-state index contributed by atoms with van der Waals surface area (Å²) in [7, 11) is -1.54. The molecule has 23 heavy (non-hydrogen) atoms. The molecule has 7 nitrogen and oxygen atoms in total. The number of ether oxygens (including phenoxy) is 1. The van der Waals surface area contributed by atoms with Crippen molar-refractivity contribution in [2.24, 2.45) is 0 Å². The number of likely N-dealkylation sites (N-methyl/N-ethyl adjacent to an activating group) is 1. The highest BCUT2D eigenvalue weighted by Gasteiger charge is 2.33. The fourth-order valence-electron chi connectivity index (χ4n) is 2.30. The highest BCUT2D eigenvalue weighted by atomic mass is 32.2. The molecule has 1 aliphatic rings. The van der Waals surface area contributed by atoms with Crippen LogP contribution in [0.2, 0.25) is 0 Å². The SMILES string of the molecule is CSc1ncccc1C(=O)OCC(=O)N(C)[C@@H]1CCS(=O)(=O)C1. The van der Waals surface area contributed by atoms with Gasteiger partial charge >= 0.3 is 5.97 Å². The van der Waals surface area contributed by atoms with Crippen molar-refractivity contribution in [1.29, 1.82) is 0 Å². The molecule has 0 spiro atoms. The van der Waals surface area contributed by atoms with Crippen LogP contribution in [0, 0.1) is 0 Å². The fraction of sp³-hybridized carbons (Fsp3) is 0.500. The summed E-state index contributed by atoms with van der Waals surface area (Å²) in [6.45, 7) is -0.422. The van der Waals surface area contributed by atoms with E-state index in [4.69, 9.17) is 4.74 Å². The van der Waals surface area contributed by atoms with Crippen molar-refractivity contribution >= 4 is 33.5 Å². The molecule has 1 atom stereocenters. The average Bonchev–Trinajstić information content (AvgIpc) is 2.91. The smallest absolute Gasteiger partial charge is 0.341 e. The number of pyridine rings is 1. The molecule has 0 saturated carbocycles. The van der Waals surface area contributed by atoms with E-state index in [0.717, 1.165) is 0 Å². The Balaban J connectivity index is 1.92. The third kappa shape index (κ3) is 4.44. The lowest BCUT2D eigenvalue weighted by atomic mass is 10.2. The molecule has 0 aliphatic carbocycles. The molecule has 0 N–H and O–H groups in total. The maximum absolute atomic E-state index is 12.1. The van der Waals surface area contributed by atoms with E-state index >= 15 is 0 Å². The second kappa shape index (κ2) is 7.31. The van der Waals surface area contributed by atoms with Crippen LogP contribution < -0.4 is 0 Å². The van der Waals surface area contributed by atoms with Gasteiger partial charge in [-0.3, -0.25) is 4.79 Å². The molecular formula is C14H18N2O5S2. The second-order valence-corrected chi connectivity index (χ2v) is 8.22. The molecule has 0 bridgehead atoms. The molecule has 1 aliphatic heterocycles. The average molecular weight is 358 g/mol. The first-order valence-electron chi connectivity index (χ1n) is 6.96. The van der Waals surface area contributed by atoms with Gasteiger partial charge in [0.1, 0.15) is 5.03 Å². The largest absolute Gasteiger partial charge is 0.452 e. The first-order valence-corrected chi connectivity index (χ1v) is 10.0. The van der Waals surface area contributed by atoms with Crippen LogP contribution in [0.4, 0.5) is 0 Å². The van der Waals surface area contributed by atoms with Crippen molar-refractivity contribution in [3.8, 4) is 0 Å². The van der Waals surface area contributed by atoms with Crippen LogP contribution in [0.15, 0.2) is 23.4 Å². The number of amides is 1. The Labute approximate surface area is 139 Å². The molecule has 9 heteroatoms. The first-order chi connectivity index (χ1) is 10.8. The Morgan fingerprint density at radius 3 is 2.83 bits per heavy atom. The van der Waals surface area contributed by atoms with Gasteiger partial charge in [-0.05, 0) is 24.8 Å². The summed E-state index contributed by atoms with van der Waals surface area (Å²) >= 11 is 1.31. The summed E-state index contributed by atoms with van der Waals surface area (Å²) in [5, 5.41) is 0.528. The predicted molar refractivity (Wildman–Crippen MR) is 86.1 cm³/mol. The molecule has 2 heterocycles. The van der Waals surface area contributed by atoms with Gasteiger partial charge in [0.15, 0.2) is 16.4 Å². The highest BCUT2D eigenvalue weighted by Crippen LogP contribution is 2.19. The molecule has 1 amide bonds. The standard InChI is InChI=1S/C14H18N2O5S2/c1-16(10-5-7-23(19,20)9-10)12(17)8-21-14(18)11-4-3-6-15-13(11)22-2/h3-4,6,10H,5,7-9H2,1-2H3/t10-/m1/s1. The van der Waals surface area contributed by atoms with Gasteiger partial charge < -0.3 is 9.64 Å². The summed E-state index contributed by atoms with van der Waals surface area (Å²) in [6, 6.07) is 2.85. The lowest BCUT2D eigenvalue weighted by Crippen LogP contribution is -2.40. The van der Waals surface area contributed by atoms with Crippen LogP contribution in [0.3, 0.4) is 0 Å². The first kappa shape index (κ1) is 17.7. The number of carbonyl (C=O) groups excluding carboxylic acids is 2. The molecule has 1 fully saturated rings. The molecule has 1 aromatic heterocycles. The van der Waals surface area contributed by atoms with Crippen molar-refractivity contribution in [2.75, 3.05) is 31.4 Å². The van der Waals surface area contributed by atoms with E-state index in [1.807, 2.05) is 0 Å². The van der Waals surface area contributed by atoms with E-state index < -0.39 is 28.3 Å². The summed E-state index contributed by atoms with van der Waals surface area (Å²) in [6.07, 6.45) is 3.78. The van der Waals surface area contributed by atoms with Gasteiger partial charge in [-0.15, -0.1) is 11.8 Å². The Hall–Kier alpha value is -1.61. The van der Waals surface area contributed by atoms with Crippen LogP contribution in [0.1, 0.15) is 16.8 Å². The van der Waals surface area contributed by atoms with Crippen molar-refractivity contribution in [3.05, 3.63) is 23.9 Å². The number of aromatic nitrogens is 1. The molecule has 1 aromatic rings. The van der Waals surface area contributed by atoms with E-state index in [1.165, 1.54) is 23.7 Å². The summed E-state index contributed by atoms with van der Waals surface area (Å²) in [4.78, 5) is 29.5. The number of sulfone groups is 1. The summed E-state index contributed by atoms with van der Waals surface area (Å²) < 4.78 is 27.9. The van der Waals surface area contributed by atoms with Crippen LogP contribution in [0.25, 0.3) is 0 Å². The molecule has 126 valence electrons.